The Balaban J connectivity index is 2.17. The molecule has 0 aliphatic carbocycles. The van der Waals surface area contributed by atoms with Crippen molar-refractivity contribution in [3.63, 3.8) is 0 Å². The molecule has 3 nitrogen and oxygen atoms in total. The molecule has 0 radical (unpaired) electrons. The minimum atomic E-state index is 0.765. The van der Waals surface area contributed by atoms with E-state index in [1.54, 1.807) is 18.4 Å². The molecule has 0 saturated carbocycles. The first-order chi connectivity index (χ1) is 9.01. The average molecular weight is 406 g/mol. The zero-order valence-corrected chi connectivity index (χ0v) is 14.9. The summed E-state index contributed by atoms with van der Waals surface area (Å²) in [6.07, 6.45) is 0. The average Bonchev–Trinajstić information content (AvgIpc) is 2.67. The van der Waals surface area contributed by atoms with Crippen molar-refractivity contribution in [2.45, 2.75) is 20.4 Å². The van der Waals surface area contributed by atoms with Crippen LogP contribution in [0.3, 0.4) is 0 Å². The molecule has 0 spiro atoms. The van der Waals surface area contributed by atoms with Crippen LogP contribution in [0.4, 0.5) is 5.69 Å². The molecule has 0 fully saturated rings. The third-order valence-electron chi connectivity index (χ3n) is 2.68. The van der Waals surface area contributed by atoms with E-state index in [0.29, 0.717) is 0 Å². The van der Waals surface area contributed by atoms with Crippen molar-refractivity contribution in [1.82, 2.24) is 4.98 Å². The lowest BCUT2D eigenvalue weighted by molar-refractivity contribution is 0.412. The number of nitrogens with one attached hydrogen (secondary N) is 1. The summed E-state index contributed by atoms with van der Waals surface area (Å²) in [7, 11) is 1.66. The molecule has 1 aromatic heterocycles. The molecule has 2 rings (SSSR count). The summed E-state index contributed by atoms with van der Waals surface area (Å²) < 4.78 is 7.23. The van der Waals surface area contributed by atoms with Crippen LogP contribution in [0.1, 0.15) is 15.6 Å². The smallest absolute Gasteiger partial charge is 0.135 e. The Kier molecular flexibility index (Phi) is 4.86. The Morgan fingerprint density at radius 2 is 2.00 bits per heavy atom. The van der Waals surface area contributed by atoms with Gasteiger partial charge < -0.3 is 10.1 Å². The molecule has 6 heteroatoms. The van der Waals surface area contributed by atoms with Crippen LogP contribution >= 0.6 is 43.2 Å². The van der Waals surface area contributed by atoms with Gasteiger partial charge in [0.2, 0.25) is 0 Å². The monoisotopic (exact) mass is 404 g/mol. The maximum atomic E-state index is 5.30. The van der Waals surface area contributed by atoms with Gasteiger partial charge in [0.25, 0.3) is 0 Å². The fourth-order valence-electron chi connectivity index (χ4n) is 1.73. The van der Waals surface area contributed by atoms with Crippen LogP contribution in [0.2, 0.25) is 0 Å². The van der Waals surface area contributed by atoms with Crippen LogP contribution in [0.15, 0.2) is 21.1 Å². The molecular weight excluding hydrogens is 392 g/mol. The highest BCUT2D eigenvalue weighted by Crippen LogP contribution is 2.35. The minimum Gasteiger partial charge on any atom is -0.495 e. The van der Waals surface area contributed by atoms with E-state index in [2.05, 4.69) is 42.2 Å². The summed E-state index contributed by atoms with van der Waals surface area (Å²) in [5, 5.41) is 4.51. The molecule has 0 atom stereocenters. The first-order valence-corrected chi connectivity index (χ1v) is 8.11. The first kappa shape index (κ1) is 14.8. The van der Waals surface area contributed by atoms with Crippen LogP contribution in [-0.4, -0.2) is 12.1 Å². The second-order valence-electron chi connectivity index (χ2n) is 4.06. The number of halogens is 2. The maximum Gasteiger partial charge on any atom is 0.135 e. The summed E-state index contributed by atoms with van der Waals surface area (Å²) in [5.74, 6) is 0.808. The maximum absolute atomic E-state index is 5.30. The van der Waals surface area contributed by atoms with Crippen molar-refractivity contribution in [3.8, 4) is 5.75 Å². The van der Waals surface area contributed by atoms with Crippen molar-refractivity contribution in [2.75, 3.05) is 12.4 Å². The molecule has 1 N–H and O–H groups in total. The summed E-state index contributed by atoms with van der Waals surface area (Å²) in [5.41, 5.74) is 2.10. The van der Waals surface area contributed by atoms with E-state index in [0.717, 1.165) is 37.6 Å². The normalized spacial score (nSPS) is 10.6. The van der Waals surface area contributed by atoms with Gasteiger partial charge in [-0.3, -0.25) is 0 Å². The van der Waals surface area contributed by atoms with E-state index in [-0.39, 0.29) is 0 Å². The lowest BCUT2D eigenvalue weighted by atomic mass is 10.3. The largest absolute Gasteiger partial charge is 0.495 e. The Labute approximate surface area is 133 Å². The zero-order valence-electron chi connectivity index (χ0n) is 10.9. The summed E-state index contributed by atoms with van der Waals surface area (Å²) in [6, 6.07) is 3.95. The van der Waals surface area contributed by atoms with Crippen molar-refractivity contribution in [1.29, 1.82) is 0 Å². The van der Waals surface area contributed by atoms with E-state index < -0.39 is 0 Å². The van der Waals surface area contributed by atoms with Crippen molar-refractivity contribution in [2.24, 2.45) is 0 Å². The van der Waals surface area contributed by atoms with Gasteiger partial charge in [0.05, 0.1) is 34.5 Å². The van der Waals surface area contributed by atoms with Crippen molar-refractivity contribution >= 4 is 48.9 Å². The Morgan fingerprint density at radius 1 is 1.26 bits per heavy atom. The first-order valence-electron chi connectivity index (χ1n) is 5.71. The minimum absolute atomic E-state index is 0.765. The topological polar surface area (TPSA) is 34.1 Å². The number of benzene rings is 1. The molecule has 2 aromatic rings. The third-order valence-corrected chi connectivity index (χ3v) is 5.03. The van der Waals surface area contributed by atoms with Crippen molar-refractivity contribution < 1.29 is 4.74 Å². The summed E-state index contributed by atoms with van der Waals surface area (Å²) in [4.78, 5) is 5.68. The number of hydrogen-bond donors (Lipinski definition) is 1. The molecule has 1 aromatic carbocycles. The predicted molar refractivity (Wildman–Crippen MR) is 87.3 cm³/mol. The molecule has 102 valence electrons. The SMILES string of the molecule is COc1cc(NCc2sc(C)nc2C)c(Br)cc1Br. The molecule has 19 heavy (non-hydrogen) atoms. The van der Waals surface area contributed by atoms with Gasteiger partial charge in [-0.2, -0.15) is 0 Å². The summed E-state index contributed by atoms with van der Waals surface area (Å²) >= 11 is 8.73. The molecule has 0 aliphatic rings. The van der Waals surface area contributed by atoms with E-state index in [1.165, 1.54) is 4.88 Å². The van der Waals surface area contributed by atoms with Crippen molar-refractivity contribution in [3.05, 3.63) is 36.7 Å². The highest BCUT2D eigenvalue weighted by atomic mass is 79.9. The standard InChI is InChI=1S/C13H14Br2N2OS/c1-7-13(19-8(2)17-7)6-16-11-5-12(18-3)10(15)4-9(11)14/h4-5,16H,6H2,1-3H3. The fourth-order valence-corrected chi connectivity index (χ4v) is 3.91. The quantitative estimate of drug-likeness (QED) is 0.784. The lowest BCUT2D eigenvalue weighted by Crippen LogP contribution is -2.00. The molecule has 0 amide bonds. The molecule has 0 saturated heterocycles. The Morgan fingerprint density at radius 3 is 2.58 bits per heavy atom. The van der Waals surface area contributed by atoms with Gasteiger partial charge in [0.1, 0.15) is 5.75 Å². The van der Waals surface area contributed by atoms with Gasteiger partial charge in [-0.1, -0.05) is 0 Å². The summed E-state index contributed by atoms with van der Waals surface area (Å²) in [6.45, 7) is 4.83. The van der Waals surface area contributed by atoms with Gasteiger partial charge in [-0.05, 0) is 51.8 Å². The Hall–Kier alpha value is -0.590. The number of thiazole rings is 1. The number of ether oxygens (including phenoxy) is 1. The molecule has 0 bridgehead atoms. The number of nitrogens with zero attached hydrogens (tertiary/aromatic N) is 1. The van der Waals surface area contributed by atoms with Crippen LogP contribution in [0, 0.1) is 13.8 Å². The number of aryl methyl sites for hydroxylation is 2. The van der Waals surface area contributed by atoms with Crippen LogP contribution in [0.25, 0.3) is 0 Å². The van der Waals surface area contributed by atoms with Crippen LogP contribution < -0.4 is 10.1 Å². The molecule has 0 aliphatic heterocycles. The molecule has 1 heterocycles. The van der Waals surface area contributed by atoms with E-state index in [4.69, 9.17) is 4.74 Å². The van der Waals surface area contributed by atoms with Gasteiger partial charge in [-0.25, -0.2) is 4.98 Å². The number of rotatable bonds is 4. The van der Waals surface area contributed by atoms with E-state index in [1.807, 2.05) is 26.0 Å². The van der Waals surface area contributed by atoms with Gasteiger partial charge >= 0.3 is 0 Å². The second-order valence-corrected chi connectivity index (χ2v) is 7.06. The third kappa shape index (κ3) is 3.49. The fraction of sp³-hybridized carbons (Fsp3) is 0.308. The second kappa shape index (κ2) is 6.24. The lowest BCUT2D eigenvalue weighted by Gasteiger charge is -2.11. The highest BCUT2D eigenvalue weighted by molar-refractivity contribution is 9.11. The molecular formula is C13H14Br2N2OS. The van der Waals surface area contributed by atoms with Crippen LogP contribution in [-0.2, 0) is 6.54 Å². The number of anilines is 1. The molecule has 0 unspecified atom stereocenters. The number of hydrogen-bond acceptors (Lipinski definition) is 4. The van der Waals surface area contributed by atoms with E-state index >= 15 is 0 Å². The predicted octanol–water partition coefficient (Wildman–Crippen LogP) is 4.91. The van der Waals surface area contributed by atoms with Gasteiger partial charge in [0, 0.05) is 15.4 Å². The van der Waals surface area contributed by atoms with Crippen LogP contribution in [0.5, 0.6) is 5.75 Å². The zero-order chi connectivity index (χ0) is 14.0. The van der Waals surface area contributed by atoms with Gasteiger partial charge in [0.15, 0.2) is 0 Å². The van der Waals surface area contributed by atoms with Gasteiger partial charge in [-0.15, -0.1) is 11.3 Å². The Bertz CT molecular complexity index is 599. The highest BCUT2D eigenvalue weighted by Gasteiger charge is 2.09. The number of aromatic nitrogens is 1. The van der Waals surface area contributed by atoms with E-state index in [9.17, 15) is 0 Å². The number of methoxy groups -OCH3 is 1.